The maximum Gasteiger partial charge on any atom is 0.296 e. The van der Waals surface area contributed by atoms with Crippen LogP contribution in [-0.2, 0) is 14.3 Å². The van der Waals surface area contributed by atoms with Crippen molar-refractivity contribution in [3.8, 4) is 0 Å². The molecule has 0 aliphatic heterocycles. The minimum absolute atomic E-state index is 0.0234. The highest BCUT2D eigenvalue weighted by Gasteiger charge is 2.15. The molecule has 5 heteroatoms. The molecule has 168 valence electrons. The van der Waals surface area contributed by atoms with Gasteiger partial charge in [-0.3, -0.25) is 4.18 Å². The second-order valence-electron chi connectivity index (χ2n) is 8.21. The first-order valence-electron chi connectivity index (χ1n) is 11.6. The Labute approximate surface area is 179 Å². The predicted octanol–water partition coefficient (Wildman–Crippen LogP) is 6.54. The van der Waals surface area contributed by atoms with Crippen LogP contribution in [0.1, 0.15) is 102 Å². The van der Waals surface area contributed by atoms with E-state index in [0.29, 0.717) is 12.8 Å². The molecule has 0 aliphatic carbocycles. The Hall–Kier alpha value is -0.910. The quantitative estimate of drug-likeness (QED) is 0.214. The van der Waals surface area contributed by atoms with E-state index in [1.54, 1.807) is 24.3 Å². The van der Waals surface area contributed by atoms with E-state index in [0.717, 1.165) is 18.4 Å². The molecular formula is C24H42O4S. The highest BCUT2D eigenvalue weighted by Crippen LogP contribution is 2.16. The largest absolute Gasteiger partial charge is 0.393 e. The van der Waals surface area contributed by atoms with Crippen LogP contribution in [0.2, 0.25) is 0 Å². The average molecular weight is 427 g/mol. The number of benzene rings is 1. The lowest BCUT2D eigenvalue weighted by molar-refractivity contribution is 0.129. The summed E-state index contributed by atoms with van der Waals surface area (Å²) in [7, 11) is -3.73. The van der Waals surface area contributed by atoms with E-state index in [1.807, 2.05) is 6.92 Å². The molecule has 1 rings (SSSR count). The highest BCUT2D eigenvalue weighted by molar-refractivity contribution is 7.86. The van der Waals surface area contributed by atoms with Crippen molar-refractivity contribution in [3.63, 3.8) is 0 Å². The van der Waals surface area contributed by atoms with E-state index < -0.39 is 16.2 Å². The molecule has 0 fully saturated rings. The first-order chi connectivity index (χ1) is 14.0. The Morgan fingerprint density at radius 2 is 1.28 bits per heavy atom. The zero-order valence-corrected chi connectivity index (χ0v) is 19.4. The Balaban J connectivity index is 1.98. The van der Waals surface area contributed by atoms with Crippen LogP contribution < -0.4 is 0 Å². The van der Waals surface area contributed by atoms with Crippen molar-refractivity contribution in [3.05, 3.63) is 29.8 Å². The van der Waals surface area contributed by atoms with Crippen LogP contribution in [0.25, 0.3) is 0 Å². The van der Waals surface area contributed by atoms with E-state index in [2.05, 4.69) is 6.92 Å². The molecule has 0 bridgehead atoms. The molecule has 0 amide bonds. The van der Waals surface area contributed by atoms with Gasteiger partial charge in [0.1, 0.15) is 0 Å². The fraction of sp³-hybridized carbons (Fsp3) is 0.750. The van der Waals surface area contributed by atoms with Crippen molar-refractivity contribution in [2.45, 2.75) is 115 Å². The standard InChI is InChI=1S/C24H42O4S/c1-3-4-5-6-7-8-9-10-11-12-13-14-15-23(25)20-21-28-29(26,27)24-18-16-22(2)17-19-24/h16-19,23,25H,3-15,20-21H2,1-2H3/t23-/m0/s1. The summed E-state index contributed by atoms with van der Waals surface area (Å²) in [6.45, 7) is 4.18. The molecule has 1 N–H and O–H groups in total. The van der Waals surface area contributed by atoms with Gasteiger partial charge in [0.25, 0.3) is 10.1 Å². The molecule has 0 aromatic heterocycles. The monoisotopic (exact) mass is 426 g/mol. The van der Waals surface area contributed by atoms with E-state index in [4.69, 9.17) is 4.18 Å². The maximum atomic E-state index is 12.1. The summed E-state index contributed by atoms with van der Waals surface area (Å²) in [5, 5.41) is 10.0. The van der Waals surface area contributed by atoms with Crippen molar-refractivity contribution in [2.24, 2.45) is 0 Å². The SMILES string of the molecule is CCCCCCCCCCCCCC[C@H](O)CCOS(=O)(=O)c1ccc(C)cc1. The molecule has 0 heterocycles. The van der Waals surface area contributed by atoms with Crippen LogP contribution in [-0.4, -0.2) is 26.2 Å². The molecule has 0 aliphatic rings. The summed E-state index contributed by atoms with van der Waals surface area (Å²) < 4.78 is 29.2. The van der Waals surface area contributed by atoms with Crippen LogP contribution in [0.5, 0.6) is 0 Å². The number of rotatable bonds is 18. The van der Waals surface area contributed by atoms with Crippen LogP contribution >= 0.6 is 0 Å². The van der Waals surface area contributed by atoms with Gasteiger partial charge < -0.3 is 5.11 Å². The third-order valence-corrected chi connectivity index (χ3v) is 6.72. The minimum atomic E-state index is -3.73. The van der Waals surface area contributed by atoms with Gasteiger partial charge in [-0.15, -0.1) is 0 Å². The van der Waals surface area contributed by atoms with E-state index in [9.17, 15) is 13.5 Å². The molecule has 0 radical (unpaired) electrons. The molecule has 4 nitrogen and oxygen atoms in total. The topological polar surface area (TPSA) is 63.6 Å². The predicted molar refractivity (Wildman–Crippen MR) is 121 cm³/mol. The third kappa shape index (κ3) is 13.1. The van der Waals surface area contributed by atoms with Crippen molar-refractivity contribution in [1.82, 2.24) is 0 Å². The fourth-order valence-electron chi connectivity index (χ4n) is 3.43. The van der Waals surface area contributed by atoms with Crippen LogP contribution in [0.3, 0.4) is 0 Å². The fourth-order valence-corrected chi connectivity index (χ4v) is 4.35. The molecule has 0 saturated carbocycles. The van der Waals surface area contributed by atoms with Gasteiger partial charge in [0.2, 0.25) is 0 Å². The van der Waals surface area contributed by atoms with Gasteiger partial charge in [-0.05, 0) is 31.9 Å². The van der Waals surface area contributed by atoms with Gasteiger partial charge in [-0.1, -0.05) is 102 Å². The summed E-state index contributed by atoms with van der Waals surface area (Å²) in [4.78, 5) is 0.165. The molecular weight excluding hydrogens is 384 g/mol. The van der Waals surface area contributed by atoms with E-state index >= 15 is 0 Å². The molecule has 1 aromatic rings. The Kier molecular flexibility index (Phi) is 14.3. The summed E-state index contributed by atoms with van der Waals surface area (Å²) in [5.74, 6) is 0. The second-order valence-corrected chi connectivity index (χ2v) is 9.82. The number of hydrogen-bond acceptors (Lipinski definition) is 4. The number of aliphatic hydroxyl groups excluding tert-OH is 1. The van der Waals surface area contributed by atoms with Gasteiger partial charge in [-0.25, -0.2) is 0 Å². The van der Waals surface area contributed by atoms with Crippen molar-refractivity contribution in [1.29, 1.82) is 0 Å². The van der Waals surface area contributed by atoms with Crippen molar-refractivity contribution >= 4 is 10.1 Å². The zero-order chi connectivity index (χ0) is 21.4. The van der Waals surface area contributed by atoms with Crippen LogP contribution in [0, 0.1) is 6.92 Å². The van der Waals surface area contributed by atoms with Crippen molar-refractivity contribution in [2.75, 3.05) is 6.61 Å². The average Bonchev–Trinajstić information content (AvgIpc) is 2.69. The highest BCUT2D eigenvalue weighted by atomic mass is 32.2. The molecule has 29 heavy (non-hydrogen) atoms. The maximum absolute atomic E-state index is 12.1. The van der Waals surface area contributed by atoms with Gasteiger partial charge in [0.05, 0.1) is 17.6 Å². The smallest absolute Gasteiger partial charge is 0.296 e. The van der Waals surface area contributed by atoms with E-state index in [-0.39, 0.29) is 11.5 Å². The normalized spacial score (nSPS) is 12.9. The molecule has 0 saturated heterocycles. The Morgan fingerprint density at radius 1 is 0.793 bits per heavy atom. The third-order valence-electron chi connectivity index (χ3n) is 5.39. The van der Waals surface area contributed by atoms with Gasteiger partial charge in [-0.2, -0.15) is 8.42 Å². The number of aliphatic hydroxyl groups is 1. The van der Waals surface area contributed by atoms with Gasteiger partial charge in [0, 0.05) is 0 Å². The second kappa shape index (κ2) is 15.9. The first kappa shape index (κ1) is 26.1. The summed E-state index contributed by atoms with van der Waals surface area (Å²) in [6, 6.07) is 6.60. The van der Waals surface area contributed by atoms with Gasteiger partial charge >= 0.3 is 0 Å². The molecule has 1 atom stereocenters. The number of hydrogen-bond donors (Lipinski definition) is 1. The molecule has 0 spiro atoms. The zero-order valence-electron chi connectivity index (χ0n) is 18.6. The summed E-state index contributed by atoms with van der Waals surface area (Å²) in [6.07, 6.45) is 16.1. The van der Waals surface area contributed by atoms with Gasteiger partial charge in [0.15, 0.2) is 0 Å². The number of aryl methyl sites for hydroxylation is 1. The van der Waals surface area contributed by atoms with E-state index in [1.165, 1.54) is 64.2 Å². The lowest BCUT2D eigenvalue weighted by Crippen LogP contribution is -2.14. The lowest BCUT2D eigenvalue weighted by Gasteiger charge is -2.11. The van der Waals surface area contributed by atoms with Crippen LogP contribution in [0.15, 0.2) is 29.2 Å². The minimum Gasteiger partial charge on any atom is -0.393 e. The molecule has 0 unspecified atom stereocenters. The lowest BCUT2D eigenvalue weighted by atomic mass is 10.0. The number of unbranched alkanes of at least 4 members (excludes halogenated alkanes) is 11. The van der Waals surface area contributed by atoms with Crippen LogP contribution in [0.4, 0.5) is 0 Å². The first-order valence-corrected chi connectivity index (χ1v) is 13.0. The molecule has 1 aromatic carbocycles. The van der Waals surface area contributed by atoms with Crippen molar-refractivity contribution < 1.29 is 17.7 Å². The Morgan fingerprint density at radius 3 is 1.79 bits per heavy atom. The summed E-state index contributed by atoms with van der Waals surface area (Å²) >= 11 is 0. The Bertz CT molecular complexity index is 610. The summed E-state index contributed by atoms with van der Waals surface area (Å²) in [5.41, 5.74) is 1.00.